The molecule has 3 heterocycles. The van der Waals surface area contributed by atoms with Crippen molar-refractivity contribution in [3.05, 3.63) is 53.6 Å². The Labute approximate surface area is 178 Å². The van der Waals surface area contributed by atoms with Gasteiger partial charge in [-0.05, 0) is 24.3 Å². The predicted molar refractivity (Wildman–Crippen MR) is 105 cm³/mol. The van der Waals surface area contributed by atoms with Gasteiger partial charge in [-0.1, -0.05) is 18.2 Å². The van der Waals surface area contributed by atoms with Crippen molar-refractivity contribution in [1.82, 2.24) is 9.97 Å². The van der Waals surface area contributed by atoms with Crippen molar-refractivity contribution < 1.29 is 31.9 Å². The number of esters is 1. The Morgan fingerprint density at radius 1 is 1.16 bits per heavy atom. The van der Waals surface area contributed by atoms with Crippen LogP contribution in [-0.4, -0.2) is 35.4 Å². The van der Waals surface area contributed by atoms with Gasteiger partial charge in [-0.25, -0.2) is 9.78 Å². The summed E-state index contributed by atoms with van der Waals surface area (Å²) in [4.78, 5) is 25.8. The van der Waals surface area contributed by atoms with E-state index in [2.05, 4.69) is 24.1 Å². The van der Waals surface area contributed by atoms with E-state index in [0.29, 0.717) is 65.4 Å². The Morgan fingerprint density at radius 3 is 2.71 bits per heavy atom. The molecule has 5 rings (SSSR count). The number of alkyl halides is 3. The van der Waals surface area contributed by atoms with E-state index >= 15 is 0 Å². The zero-order valence-corrected chi connectivity index (χ0v) is 16.8. The second kappa shape index (κ2) is 7.43. The van der Waals surface area contributed by atoms with E-state index in [4.69, 9.17) is 4.74 Å². The molecule has 0 bridgehead atoms. The van der Waals surface area contributed by atoms with Crippen LogP contribution in [0.15, 0.2) is 47.4 Å². The number of benzene rings is 2. The number of H-pyrrole nitrogens is 1. The lowest BCUT2D eigenvalue weighted by molar-refractivity contribution is -0.440. The minimum atomic E-state index is -4.86. The van der Waals surface area contributed by atoms with Gasteiger partial charge in [0.25, 0.3) is 0 Å². The number of halogens is 3. The normalized spacial score (nSPS) is 17.9. The van der Waals surface area contributed by atoms with Crippen LogP contribution in [0.2, 0.25) is 0 Å². The molecule has 1 N–H and O–H groups in total. The van der Waals surface area contributed by atoms with Crippen molar-refractivity contribution in [1.29, 1.82) is 0 Å². The van der Waals surface area contributed by atoms with E-state index in [1.165, 1.54) is 0 Å². The van der Waals surface area contributed by atoms with Crippen LogP contribution in [0.1, 0.15) is 28.8 Å². The summed E-state index contributed by atoms with van der Waals surface area (Å²) in [6.07, 6.45) is -3.59. The second-order valence-electron chi connectivity index (χ2n) is 7.34. The van der Waals surface area contributed by atoms with Crippen LogP contribution < -0.4 is 4.90 Å². The van der Waals surface area contributed by atoms with Gasteiger partial charge in [-0.2, -0.15) is 4.33 Å². The Hall–Kier alpha value is -2.76. The van der Waals surface area contributed by atoms with Gasteiger partial charge >= 0.3 is 12.3 Å². The molecule has 1 aromatic heterocycles. The molecule has 0 atom stereocenters. The molecule has 0 aliphatic carbocycles. The van der Waals surface area contributed by atoms with Crippen LogP contribution >= 0.6 is 12.0 Å². The molecule has 0 unspecified atom stereocenters. The summed E-state index contributed by atoms with van der Waals surface area (Å²) in [5, 5.41) is 0. The Morgan fingerprint density at radius 2 is 1.94 bits per heavy atom. The first-order valence-corrected chi connectivity index (χ1v) is 10.2. The zero-order chi connectivity index (χ0) is 21.6. The number of aromatic amines is 1. The first kappa shape index (κ1) is 20.2. The third-order valence-electron chi connectivity index (χ3n) is 5.50. The summed E-state index contributed by atoms with van der Waals surface area (Å²) in [5.41, 5.74) is 2.30. The SMILES string of the molecule is O=C1OC2(CCN(c3nc4ccc(SOOC(F)(F)F)cc4[nH]3)CC2)c2ccccc21. The third-order valence-corrected chi connectivity index (χ3v) is 6.08. The molecule has 162 valence electrons. The van der Waals surface area contributed by atoms with Crippen molar-refractivity contribution in [2.45, 2.75) is 29.7 Å². The zero-order valence-electron chi connectivity index (χ0n) is 15.9. The van der Waals surface area contributed by atoms with E-state index < -0.39 is 12.0 Å². The highest BCUT2D eigenvalue weighted by Crippen LogP contribution is 2.44. The van der Waals surface area contributed by atoms with E-state index in [1.54, 1.807) is 24.3 Å². The van der Waals surface area contributed by atoms with Crippen LogP contribution in [0.3, 0.4) is 0 Å². The monoisotopic (exact) mass is 451 g/mol. The lowest BCUT2D eigenvalue weighted by Crippen LogP contribution is -2.43. The standard InChI is InChI=1S/C20H16F3N3O4S/c21-20(22,23)29-30-31-12-5-6-15-16(11-12)25-18(24-15)26-9-7-19(8-10-26)14-4-2-1-3-13(14)17(27)28-19/h1-6,11H,7-10H2,(H,24,25). The van der Waals surface area contributed by atoms with Gasteiger partial charge in [0.1, 0.15) is 5.60 Å². The number of carbonyl (C=O) groups excluding carboxylic acids is 1. The molecule has 2 aromatic carbocycles. The molecule has 11 heteroatoms. The fourth-order valence-corrected chi connectivity index (χ4v) is 4.55. The van der Waals surface area contributed by atoms with E-state index in [0.717, 1.165) is 5.56 Å². The van der Waals surface area contributed by atoms with Gasteiger partial charge in [-0.15, -0.1) is 18.1 Å². The number of ether oxygens (including phenoxy) is 1. The molecular formula is C20H16F3N3O4S. The summed E-state index contributed by atoms with van der Waals surface area (Å²) in [5.74, 6) is 0.367. The van der Waals surface area contributed by atoms with Crippen molar-refractivity contribution in [3.63, 3.8) is 0 Å². The van der Waals surface area contributed by atoms with Gasteiger partial charge in [0.2, 0.25) is 5.95 Å². The van der Waals surface area contributed by atoms with E-state index in [9.17, 15) is 18.0 Å². The maximum Gasteiger partial charge on any atom is 0.550 e. The molecule has 31 heavy (non-hydrogen) atoms. The number of rotatable bonds is 4. The van der Waals surface area contributed by atoms with Crippen molar-refractivity contribution in [2.75, 3.05) is 18.0 Å². The van der Waals surface area contributed by atoms with Crippen LogP contribution in [0, 0.1) is 0 Å². The average Bonchev–Trinajstić information content (AvgIpc) is 3.27. The molecule has 7 nitrogen and oxygen atoms in total. The van der Waals surface area contributed by atoms with Gasteiger partial charge in [-0.3, -0.25) is 0 Å². The number of fused-ring (bicyclic) bond motifs is 3. The minimum Gasteiger partial charge on any atom is -0.450 e. The maximum atomic E-state index is 12.2. The van der Waals surface area contributed by atoms with Gasteiger partial charge in [0, 0.05) is 36.4 Å². The van der Waals surface area contributed by atoms with Crippen molar-refractivity contribution in [3.8, 4) is 0 Å². The second-order valence-corrected chi connectivity index (χ2v) is 8.11. The van der Waals surface area contributed by atoms with Crippen LogP contribution in [0.5, 0.6) is 0 Å². The highest BCUT2D eigenvalue weighted by molar-refractivity contribution is 7.94. The van der Waals surface area contributed by atoms with Gasteiger partial charge in [0.05, 0.1) is 28.6 Å². The number of hydrogen-bond acceptors (Lipinski definition) is 7. The number of imidazole rings is 1. The Bertz CT molecular complexity index is 1140. The molecule has 1 saturated heterocycles. The number of hydrogen-bond donors (Lipinski definition) is 1. The van der Waals surface area contributed by atoms with E-state index in [1.807, 2.05) is 18.2 Å². The average molecular weight is 451 g/mol. The topological polar surface area (TPSA) is 76.7 Å². The molecule has 0 radical (unpaired) electrons. The quantitative estimate of drug-likeness (QED) is 0.267. The first-order chi connectivity index (χ1) is 14.8. The number of nitrogens with zero attached hydrogens (tertiary/aromatic N) is 2. The van der Waals surface area contributed by atoms with Gasteiger partial charge < -0.3 is 14.6 Å². The molecule has 3 aromatic rings. The molecular weight excluding hydrogens is 435 g/mol. The predicted octanol–water partition coefficient (Wildman–Crippen LogP) is 4.70. The lowest BCUT2D eigenvalue weighted by Gasteiger charge is -2.38. The minimum absolute atomic E-state index is 0.283. The van der Waals surface area contributed by atoms with Gasteiger partial charge in [0.15, 0.2) is 0 Å². The van der Waals surface area contributed by atoms with Crippen molar-refractivity contribution >= 4 is 35.0 Å². The van der Waals surface area contributed by atoms with Crippen LogP contribution in [-0.2, 0) is 19.6 Å². The van der Waals surface area contributed by atoms with E-state index in [-0.39, 0.29) is 5.97 Å². The summed E-state index contributed by atoms with van der Waals surface area (Å²) in [6.45, 7) is 1.26. The van der Waals surface area contributed by atoms with Crippen molar-refractivity contribution in [2.24, 2.45) is 0 Å². The Balaban J connectivity index is 1.29. The highest BCUT2D eigenvalue weighted by atomic mass is 32.2. The molecule has 0 amide bonds. The first-order valence-electron chi connectivity index (χ1n) is 9.50. The molecule has 2 aliphatic heterocycles. The molecule has 1 spiro atoms. The molecule has 1 fully saturated rings. The largest absolute Gasteiger partial charge is 0.550 e. The number of aromatic nitrogens is 2. The molecule has 2 aliphatic rings. The number of nitrogens with one attached hydrogen (secondary N) is 1. The summed E-state index contributed by atoms with van der Waals surface area (Å²) in [7, 11) is 0. The van der Waals surface area contributed by atoms with Crippen LogP contribution in [0.25, 0.3) is 11.0 Å². The number of carbonyl (C=O) groups is 1. The summed E-state index contributed by atoms with van der Waals surface area (Å²) >= 11 is 0.461. The third kappa shape index (κ3) is 3.84. The van der Waals surface area contributed by atoms with Crippen LogP contribution in [0.4, 0.5) is 19.1 Å². The molecule has 0 saturated carbocycles. The highest BCUT2D eigenvalue weighted by Gasteiger charge is 2.47. The number of anilines is 1. The summed E-state index contributed by atoms with van der Waals surface area (Å²) in [6, 6.07) is 12.4. The number of piperidine rings is 1. The summed E-state index contributed by atoms with van der Waals surface area (Å²) < 4.78 is 46.0. The maximum absolute atomic E-state index is 12.2. The fourth-order valence-electron chi connectivity index (χ4n) is 4.07. The lowest BCUT2D eigenvalue weighted by atomic mass is 9.84. The Kier molecular flexibility index (Phi) is 4.83. The fraction of sp³-hybridized carbons (Fsp3) is 0.300. The smallest absolute Gasteiger partial charge is 0.450 e.